The van der Waals surface area contributed by atoms with Crippen molar-refractivity contribution in [3.8, 4) is 45.0 Å². The molecule has 2 N–H and O–H groups in total. The molecule has 12 heteroatoms. The number of hydrogen-bond donors (Lipinski definition) is 2. The zero-order valence-corrected chi connectivity index (χ0v) is 28.5. The maximum Gasteiger partial charge on any atom is 0.205 e. The Hall–Kier alpha value is -5.43. The SMILES string of the molecule is CC1CCCCO1.CCOC(OCC)c1ccc(-c2ccccc2-c2nn[nH]n2)cc1.O=Cc1ccc(-c2ccccc2-c2nn[nH]n2)cc1. The lowest BCUT2D eigenvalue weighted by atomic mass is 9.98. The fourth-order valence-corrected chi connectivity index (χ4v) is 5.42. The second-order valence-corrected chi connectivity index (χ2v) is 11.3. The largest absolute Gasteiger partial charge is 0.379 e. The van der Waals surface area contributed by atoms with Crippen LogP contribution in [0, 0.1) is 0 Å². The summed E-state index contributed by atoms with van der Waals surface area (Å²) in [4.78, 5) is 10.7. The van der Waals surface area contributed by atoms with E-state index >= 15 is 0 Å². The predicted octanol–water partition coefficient (Wildman–Crippen LogP) is 7.53. The summed E-state index contributed by atoms with van der Waals surface area (Å²) in [5, 5.41) is 28.3. The summed E-state index contributed by atoms with van der Waals surface area (Å²) in [7, 11) is 0. The molecule has 1 saturated heterocycles. The van der Waals surface area contributed by atoms with Crippen molar-refractivity contribution in [2.45, 2.75) is 52.4 Å². The van der Waals surface area contributed by atoms with Crippen molar-refractivity contribution >= 4 is 6.29 Å². The zero-order chi connectivity index (χ0) is 35.0. The van der Waals surface area contributed by atoms with Crippen LogP contribution in [-0.2, 0) is 14.2 Å². The number of ether oxygens (including phenoxy) is 3. The van der Waals surface area contributed by atoms with Crippen molar-refractivity contribution in [2.24, 2.45) is 0 Å². The highest BCUT2D eigenvalue weighted by Crippen LogP contribution is 2.31. The summed E-state index contributed by atoms with van der Waals surface area (Å²) in [6, 6.07) is 31.3. The topological polar surface area (TPSA) is 154 Å². The Bertz CT molecular complexity index is 1840. The first-order chi connectivity index (χ1) is 24.6. The van der Waals surface area contributed by atoms with Crippen molar-refractivity contribution in [1.82, 2.24) is 41.2 Å². The van der Waals surface area contributed by atoms with Crippen LogP contribution in [0.4, 0.5) is 0 Å². The smallest absolute Gasteiger partial charge is 0.205 e. The predicted molar refractivity (Wildman–Crippen MR) is 191 cm³/mol. The summed E-state index contributed by atoms with van der Waals surface area (Å²) in [6.07, 6.45) is 4.93. The first kappa shape index (κ1) is 35.9. The Morgan fingerprint density at radius 2 is 1.22 bits per heavy atom. The molecule has 3 heterocycles. The van der Waals surface area contributed by atoms with Gasteiger partial charge in [0.25, 0.3) is 0 Å². The van der Waals surface area contributed by atoms with Crippen LogP contribution >= 0.6 is 0 Å². The number of carbonyl (C=O) groups excluding carboxylic acids is 1. The Labute approximate surface area is 291 Å². The summed E-state index contributed by atoms with van der Waals surface area (Å²) in [5.41, 5.74) is 7.62. The summed E-state index contributed by atoms with van der Waals surface area (Å²) in [6.45, 7) is 8.25. The molecule has 0 amide bonds. The van der Waals surface area contributed by atoms with Gasteiger partial charge in [-0.3, -0.25) is 4.79 Å². The van der Waals surface area contributed by atoms with Crippen molar-refractivity contribution in [2.75, 3.05) is 19.8 Å². The minimum absolute atomic E-state index is 0.332. The minimum atomic E-state index is -0.332. The molecule has 1 aliphatic heterocycles. The van der Waals surface area contributed by atoms with Crippen LogP contribution in [0.25, 0.3) is 45.0 Å². The van der Waals surface area contributed by atoms with Gasteiger partial charge in [0.2, 0.25) is 11.6 Å². The minimum Gasteiger partial charge on any atom is -0.379 e. The Morgan fingerprint density at radius 1 is 0.720 bits per heavy atom. The Morgan fingerprint density at radius 3 is 1.60 bits per heavy atom. The number of carbonyl (C=O) groups is 1. The number of aldehydes is 1. The average molecular weight is 675 g/mol. The highest BCUT2D eigenvalue weighted by molar-refractivity contribution is 5.83. The van der Waals surface area contributed by atoms with Crippen molar-refractivity contribution < 1.29 is 19.0 Å². The Balaban J connectivity index is 0.000000166. The molecule has 1 fully saturated rings. The molecule has 6 aromatic rings. The van der Waals surface area contributed by atoms with E-state index < -0.39 is 0 Å². The van der Waals surface area contributed by atoms with Crippen molar-refractivity contribution in [1.29, 1.82) is 0 Å². The maximum absolute atomic E-state index is 10.7. The summed E-state index contributed by atoms with van der Waals surface area (Å²) < 4.78 is 16.6. The molecule has 4 aromatic carbocycles. The average Bonchev–Trinajstić information content (AvgIpc) is 3.92. The molecule has 2 aromatic heterocycles. The number of hydrogen-bond acceptors (Lipinski definition) is 10. The number of rotatable bonds is 10. The van der Waals surface area contributed by atoms with Gasteiger partial charge in [0, 0.05) is 42.1 Å². The van der Waals surface area contributed by atoms with Gasteiger partial charge in [-0.25, -0.2) is 0 Å². The number of aromatic amines is 2. The molecule has 0 aliphatic carbocycles. The molecule has 1 aliphatic rings. The molecule has 1 atom stereocenters. The highest BCUT2D eigenvalue weighted by Gasteiger charge is 2.14. The van der Waals surface area contributed by atoms with Gasteiger partial charge < -0.3 is 14.2 Å². The van der Waals surface area contributed by atoms with E-state index in [1.54, 1.807) is 12.1 Å². The monoisotopic (exact) mass is 674 g/mol. The van der Waals surface area contributed by atoms with Crippen LogP contribution in [0.3, 0.4) is 0 Å². The van der Waals surface area contributed by atoms with E-state index in [1.165, 1.54) is 19.3 Å². The third-order valence-corrected chi connectivity index (χ3v) is 7.92. The van der Waals surface area contributed by atoms with Gasteiger partial charge in [-0.2, -0.15) is 10.4 Å². The third kappa shape index (κ3) is 9.82. The molecular weight excluding hydrogens is 632 g/mol. The van der Waals surface area contributed by atoms with Crippen molar-refractivity contribution in [3.63, 3.8) is 0 Å². The summed E-state index contributed by atoms with van der Waals surface area (Å²) in [5.74, 6) is 1.13. The lowest BCUT2D eigenvalue weighted by Crippen LogP contribution is -2.14. The third-order valence-electron chi connectivity index (χ3n) is 7.92. The molecule has 1 unspecified atom stereocenters. The maximum atomic E-state index is 10.7. The van der Waals surface area contributed by atoms with E-state index in [4.69, 9.17) is 14.2 Å². The fraction of sp³-hybridized carbons (Fsp3) is 0.289. The molecule has 258 valence electrons. The molecule has 12 nitrogen and oxygen atoms in total. The molecular formula is C38H42N8O4. The van der Waals surface area contributed by atoms with Crippen LogP contribution < -0.4 is 0 Å². The zero-order valence-electron chi connectivity index (χ0n) is 28.5. The van der Waals surface area contributed by atoms with E-state index in [0.717, 1.165) is 51.8 Å². The van der Waals surface area contributed by atoms with E-state index in [1.807, 2.05) is 86.6 Å². The van der Waals surface area contributed by atoms with Gasteiger partial charge in [0.15, 0.2) is 6.29 Å². The van der Waals surface area contributed by atoms with Gasteiger partial charge in [-0.05, 0) is 72.7 Å². The summed E-state index contributed by atoms with van der Waals surface area (Å²) >= 11 is 0. The molecule has 0 saturated carbocycles. The molecule has 0 radical (unpaired) electrons. The second kappa shape index (κ2) is 18.9. The standard InChI is InChI=1S/C18H20N4O2.C14H10N4O.C6H12O/c1-3-23-18(24-4-2)14-11-9-13(10-12-14)15-7-5-6-8-16(15)17-19-21-22-20-17;19-9-10-5-7-11(8-6-10)12-3-1-2-4-13(12)14-15-17-18-16-14;1-6-4-2-3-5-7-6/h5-12,18H,3-4H2,1-2H3,(H,19,20,21,22);1-9H,(H,15,16,17,18);6H,2-5H2,1H3. The lowest BCUT2D eigenvalue weighted by molar-refractivity contribution is -0.140. The van der Waals surface area contributed by atoms with Crippen LogP contribution in [0.5, 0.6) is 0 Å². The quantitative estimate of drug-likeness (QED) is 0.110. The van der Waals surface area contributed by atoms with Crippen molar-refractivity contribution in [3.05, 3.63) is 108 Å². The molecule has 0 spiro atoms. The first-order valence-electron chi connectivity index (χ1n) is 16.8. The Kier molecular flexibility index (Phi) is 13.6. The van der Waals surface area contributed by atoms with Crippen LogP contribution in [0.2, 0.25) is 0 Å². The first-order valence-corrected chi connectivity index (χ1v) is 16.8. The van der Waals surface area contributed by atoms with Gasteiger partial charge in [-0.1, -0.05) is 97.1 Å². The van der Waals surface area contributed by atoms with Gasteiger partial charge in [0.1, 0.15) is 6.29 Å². The van der Waals surface area contributed by atoms with Gasteiger partial charge >= 0.3 is 0 Å². The number of nitrogens with one attached hydrogen (secondary N) is 2. The van der Waals surface area contributed by atoms with E-state index in [0.29, 0.717) is 36.5 Å². The molecule has 7 rings (SSSR count). The second-order valence-electron chi connectivity index (χ2n) is 11.3. The van der Waals surface area contributed by atoms with Crippen LogP contribution in [0.15, 0.2) is 97.1 Å². The lowest BCUT2D eigenvalue weighted by Gasteiger charge is -2.17. The van der Waals surface area contributed by atoms with Crippen LogP contribution in [0.1, 0.15) is 62.2 Å². The number of tetrazole rings is 2. The molecule has 50 heavy (non-hydrogen) atoms. The van der Waals surface area contributed by atoms with Gasteiger partial charge in [0.05, 0.1) is 6.10 Å². The van der Waals surface area contributed by atoms with E-state index in [-0.39, 0.29) is 6.29 Å². The number of H-pyrrole nitrogens is 2. The normalized spacial score (nSPS) is 13.9. The van der Waals surface area contributed by atoms with Crippen LogP contribution in [-0.4, -0.2) is 73.5 Å². The molecule has 0 bridgehead atoms. The fourth-order valence-electron chi connectivity index (χ4n) is 5.42. The van der Waals surface area contributed by atoms with E-state index in [9.17, 15) is 4.79 Å². The van der Waals surface area contributed by atoms with Gasteiger partial charge in [-0.15, -0.1) is 20.4 Å². The number of benzene rings is 4. The highest BCUT2D eigenvalue weighted by atomic mass is 16.7. The number of nitrogens with zero attached hydrogens (tertiary/aromatic N) is 6. The number of aromatic nitrogens is 8. The van der Waals surface area contributed by atoms with E-state index in [2.05, 4.69) is 60.3 Å².